The molecule has 0 radical (unpaired) electrons. The molecular formula is C22H26N4O3S2. The summed E-state index contributed by atoms with van der Waals surface area (Å²) in [5, 5.41) is 11.8. The van der Waals surface area contributed by atoms with E-state index in [1.807, 2.05) is 45.9 Å². The second kappa shape index (κ2) is 9.57. The Balaban J connectivity index is 1.57. The van der Waals surface area contributed by atoms with Gasteiger partial charge in [0, 0.05) is 18.0 Å². The molecule has 0 spiro atoms. The van der Waals surface area contributed by atoms with Crippen LogP contribution in [0.4, 0.5) is 5.13 Å². The normalized spacial score (nSPS) is 11.5. The Morgan fingerprint density at radius 1 is 1.03 bits per heavy atom. The number of hydrogen-bond donors (Lipinski definition) is 2. The van der Waals surface area contributed by atoms with Gasteiger partial charge in [0.05, 0.1) is 4.90 Å². The molecule has 0 saturated carbocycles. The summed E-state index contributed by atoms with van der Waals surface area (Å²) in [5.74, 6) is 0.0680. The lowest BCUT2D eigenvalue weighted by molar-refractivity contribution is 0.0954. The number of sulfonamides is 1. The van der Waals surface area contributed by atoms with Crippen molar-refractivity contribution in [3.8, 4) is 0 Å². The molecule has 1 aromatic heterocycles. The second-order valence-corrected chi connectivity index (χ2v) is 10.4. The molecule has 0 bridgehead atoms. The summed E-state index contributed by atoms with van der Waals surface area (Å²) >= 11 is 1.23. The van der Waals surface area contributed by atoms with Crippen LogP contribution in [0, 0.1) is 13.8 Å². The number of carbonyl (C=O) groups excluding carboxylic acids is 1. The van der Waals surface area contributed by atoms with Crippen LogP contribution >= 0.6 is 11.3 Å². The van der Waals surface area contributed by atoms with Crippen molar-refractivity contribution < 1.29 is 13.2 Å². The SMILES string of the molecule is Cc1cc(C)cc(C(=O)NCCc2ccc(S(=O)(=O)Nc3nnc(C(C)C)s3)cc2)c1. The van der Waals surface area contributed by atoms with Crippen molar-refractivity contribution in [1.29, 1.82) is 0 Å². The number of aromatic nitrogens is 2. The van der Waals surface area contributed by atoms with Gasteiger partial charge in [0.2, 0.25) is 5.13 Å². The molecule has 1 heterocycles. The third kappa shape index (κ3) is 6.11. The molecule has 0 unspecified atom stereocenters. The number of nitrogens with one attached hydrogen (secondary N) is 2. The zero-order valence-corrected chi connectivity index (χ0v) is 19.6. The first-order chi connectivity index (χ1) is 14.6. The molecule has 3 rings (SSSR count). The maximum absolute atomic E-state index is 12.6. The van der Waals surface area contributed by atoms with Crippen LogP contribution in [0.1, 0.15) is 51.8 Å². The maximum atomic E-state index is 12.6. The van der Waals surface area contributed by atoms with E-state index in [4.69, 9.17) is 0 Å². The molecule has 0 aliphatic carbocycles. The number of aryl methyl sites for hydroxylation is 2. The molecular weight excluding hydrogens is 432 g/mol. The molecule has 0 fully saturated rings. The van der Waals surface area contributed by atoms with Crippen molar-refractivity contribution in [2.75, 3.05) is 11.3 Å². The third-order valence-electron chi connectivity index (χ3n) is 4.57. The molecule has 0 atom stereocenters. The maximum Gasteiger partial charge on any atom is 0.263 e. The quantitative estimate of drug-likeness (QED) is 0.530. The van der Waals surface area contributed by atoms with E-state index in [-0.39, 0.29) is 21.9 Å². The highest BCUT2D eigenvalue weighted by molar-refractivity contribution is 7.93. The van der Waals surface area contributed by atoms with Gasteiger partial charge in [-0.25, -0.2) is 8.42 Å². The fraction of sp³-hybridized carbons (Fsp3) is 0.318. The van der Waals surface area contributed by atoms with Gasteiger partial charge in [0.15, 0.2) is 0 Å². The molecule has 0 saturated heterocycles. The van der Waals surface area contributed by atoms with E-state index >= 15 is 0 Å². The minimum absolute atomic E-state index is 0.118. The van der Waals surface area contributed by atoms with Gasteiger partial charge in [-0.15, -0.1) is 10.2 Å². The summed E-state index contributed by atoms with van der Waals surface area (Å²) < 4.78 is 27.6. The molecule has 7 nitrogen and oxygen atoms in total. The average molecular weight is 459 g/mol. The fourth-order valence-electron chi connectivity index (χ4n) is 3.05. The van der Waals surface area contributed by atoms with Crippen LogP contribution in [-0.2, 0) is 16.4 Å². The Morgan fingerprint density at radius 3 is 2.26 bits per heavy atom. The number of anilines is 1. The van der Waals surface area contributed by atoms with Crippen LogP contribution < -0.4 is 10.0 Å². The fourth-order valence-corrected chi connectivity index (χ4v) is 5.02. The highest BCUT2D eigenvalue weighted by Gasteiger charge is 2.17. The Kier molecular flexibility index (Phi) is 7.07. The van der Waals surface area contributed by atoms with E-state index in [1.165, 1.54) is 11.3 Å². The van der Waals surface area contributed by atoms with Crippen LogP contribution in [0.25, 0.3) is 0 Å². The zero-order valence-electron chi connectivity index (χ0n) is 18.0. The number of hydrogen-bond acceptors (Lipinski definition) is 6. The van der Waals surface area contributed by atoms with E-state index in [2.05, 4.69) is 20.2 Å². The summed E-state index contributed by atoms with van der Waals surface area (Å²) in [6.07, 6.45) is 0.596. The van der Waals surface area contributed by atoms with Crippen LogP contribution in [0.3, 0.4) is 0 Å². The lowest BCUT2D eigenvalue weighted by Gasteiger charge is -2.08. The van der Waals surface area contributed by atoms with E-state index in [1.54, 1.807) is 24.3 Å². The van der Waals surface area contributed by atoms with Crippen molar-refractivity contribution in [2.24, 2.45) is 0 Å². The Labute approximate surface area is 187 Å². The molecule has 31 heavy (non-hydrogen) atoms. The van der Waals surface area contributed by atoms with Gasteiger partial charge in [0.25, 0.3) is 15.9 Å². The summed E-state index contributed by atoms with van der Waals surface area (Å²) in [4.78, 5) is 12.5. The Bertz CT molecular complexity index is 1150. The molecule has 0 aliphatic rings. The van der Waals surface area contributed by atoms with E-state index in [0.29, 0.717) is 18.5 Å². The van der Waals surface area contributed by atoms with Gasteiger partial charge in [-0.05, 0) is 50.1 Å². The lowest BCUT2D eigenvalue weighted by Crippen LogP contribution is -2.25. The molecule has 164 valence electrons. The number of carbonyl (C=O) groups is 1. The number of nitrogens with zero attached hydrogens (tertiary/aromatic N) is 2. The van der Waals surface area contributed by atoms with Crippen LogP contribution in [0.15, 0.2) is 47.4 Å². The summed E-state index contributed by atoms with van der Waals surface area (Å²) in [5.41, 5.74) is 3.66. The predicted octanol–water partition coefficient (Wildman–Crippen LogP) is 4.05. The average Bonchev–Trinajstić information content (AvgIpc) is 3.15. The minimum Gasteiger partial charge on any atom is -0.352 e. The zero-order chi connectivity index (χ0) is 22.6. The van der Waals surface area contributed by atoms with E-state index in [9.17, 15) is 13.2 Å². The van der Waals surface area contributed by atoms with Gasteiger partial charge >= 0.3 is 0 Å². The van der Waals surface area contributed by atoms with Gasteiger partial charge in [0.1, 0.15) is 5.01 Å². The number of benzene rings is 2. The van der Waals surface area contributed by atoms with E-state index < -0.39 is 10.0 Å². The standard InChI is InChI=1S/C22H26N4O3S2/c1-14(2)21-24-25-22(30-21)26-31(28,29)19-7-5-17(6-8-19)9-10-23-20(27)18-12-15(3)11-16(4)13-18/h5-8,11-14H,9-10H2,1-4H3,(H,23,27)(H,25,26). The number of amides is 1. The Hall–Kier alpha value is -2.78. The highest BCUT2D eigenvalue weighted by Crippen LogP contribution is 2.24. The van der Waals surface area contributed by atoms with E-state index in [0.717, 1.165) is 21.7 Å². The first-order valence-corrected chi connectivity index (χ1v) is 12.3. The van der Waals surface area contributed by atoms with Crippen LogP contribution in [0.5, 0.6) is 0 Å². The van der Waals surface area contributed by atoms with Gasteiger partial charge in [-0.2, -0.15) is 0 Å². The summed E-state index contributed by atoms with van der Waals surface area (Å²) in [6.45, 7) is 8.33. The third-order valence-corrected chi connectivity index (χ3v) is 7.20. The molecule has 2 aromatic carbocycles. The number of rotatable bonds is 8. The van der Waals surface area contributed by atoms with Crippen molar-refractivity contribution in [2.45, 2.75) is 44.9 Å². The predicted molar refractivity (Wildman–Crippen MR) is 123 cm³/mol. The second-order valence-electron chi connectivity index (χ2n) is 7.73. The largest absolute Gasteiger partial charge is 0.352 e. The van der Waals surface area contributed by atoms with Gasteiger partial charge < -0.3 is 5.32 Å². The van der Waals surface area contributed by atoms with Crippen LogP contribution in [-0.4, -0.2) is 31.1 Å². The lowest BCUT2D eigenvalue weighted by atomic mass is 10.1. The summed E-state index contributed by atoms with van der Waals surface area (Å²) in [7, 11) is -3.73. The molecule has 1 amide bonds. The molecule has 2 N–H and O–H groups in total. The highest BCUT2D eigenvalue weighted by atomic mass is 32.2. The molecule has 0 aliphatic heterocycles. The van der Waals surface area contributed by atoms with Gasteiger partial charge in [-0.3, -0.25) is 9.52 Å². The smallest absolute Gasteiger partial charge is 0.263 e. The monoisotopic (exact) mass is 458 g/mol. The molecule has 3 aromatic rings. The first kappa shape index (κ1) is 22.9. The van der Waals surface area contributed by atoms with Crippen molar-refractivity contribution in [3.05, 3.63) is 69.7 Å². The topological polar surface area (TPSA) is 101 Å². The van der Waals surface area contributed by atoms with Crippen LogP contribution in [0.2, 0.25) is 0 Å². The minimum atomic E-state index is -3.73. The van der Waals surface area contributed by atoms with Gasteiger partial charge in [-0.1, -0.05) is 54.5 Å². The Morgan fingerprint density at radius 2 is 1.68 bits per heavy atom. The molecule has 9 heteroatoms. The summed E-state index contributed by atoms with van der Waals surface area (Å²) in [6, 6.07) is 12.3. The van der Waals surface area contributed by atoms with Crippen molar-refractivity contribution in [3.63, 3.8) is 0 Å². The first-order valence-electron chi connectivity index (χ1n) is 9.96. The van der Waals surface area contributed by atoms with Crippen molar-refractivity contribution >= 4 is 32.4 Å². The van der Waals surface area contributed by atoms with Crippen molar-refractivity contribution in [1.82, 2.24) is 15.5 Å².